The van der Waals surface area contributed by atoms with Gasteiger partial charge in [-0.1, -0.05) is 66.2 Å². The van der Waals surface area contributed by atoms with Crippen LogP contribution in [-0.2, 0) is 17.8 Å². The highest BCUT2D eigenvalue weighted by molar-refractivity contribution is 5.77. The van der Waals surface area contributed by atoms with Gasteiger partial charge in [-0.3, -0.25) is 4.79 Å². The summed E-state index contributed by atoms with van der Waals surface area (Å²) in [6.07, 6.45) is 3.10. The van der Waals surface area contributed by atoms with E-state index in [0.717, 1.165) is 6.42 Å². The summed E-state index contributed by atoms with van der Waals surface area (Å²) < 4.78 is 2.00. The van der Waals surface area contributed by atoms with Crippen molar-refractivity contribution >= 4 is 5.91 Å². The topological polar surface area (TPSA) is 34.4 Å². The Hall–Kier alpha value is -2.94. The normalized spacial score (nSPS) is 11.5. The Labute approximate surface area is 148 Å². The van der Waals surface area contributed by atoms with Gasteiger partial charge in [0.15, 0.2) is 0 Å². The molecule has 3 heteroatoms. The first kappa shape index (κ1) is 16.9. The largest absolute Gasteiger partial charge is 0.329 e. The van der Waals surface area contributed by atoms with E-state index < -0.39 is 0 Å². The van der Waals surface area contributed by atoms with Crippen molar-refractivity contribution < 1.29 is 4.79 Å². The van der Waals surface area contributed by atoms with Crippen LogP contribution in [0.4, 0.5) is 0 Å². The van der Waals surface area contributed by atoms with E-state index in [-0.39, 0.29) is 5.91 Å². The van der Waals surface area contributed by atoms with Gasteiger partial charge in [-0.15, -0.1) is 0 Å². The number of amides is 1. The number of hydrogen-bond donors (Lipinski definition) is 0. The lowest BCUT2D eigenvalue weighted by atomic mass is 10.1. The minimum atomic E-state index is -0.0884. The third-order valence-electron chi connectivity index (χ3n) is 4.06. The fraction of sp³-hybridized carbons (Fsp3) is 0.182. The molecule has 1 heterocycles. The van der Waals surface area contributed by atoms with Gasteiger partial charge in [0.25, 0.3) is 0 Å². The lowest BCUT2D eigenvalue weighted by Crippen LogP contribution is -2.22. The quantitative estimate of drug-likeness (QED) is 0.698. The molecule has 0 atom stereocenters. The second kappa shape index (κ2) is 8.25. The number of nitrogens with zero attached hydrogens (tertiary/aromatic N) is 2. The zero-order valence-corrected chi connectivity index (χ0v) is 14.4. The Bertz CT molecular complexity index is 910. The first-order valence-electron chi connectivity index (χ1n) is 8.53. The van der Waals surface area contributed by atoms with Crippen LogP contribution in [0.25, 0.3) is 0 Å². The molecule has 1 amide bonds. The predicted octanol–water partition coefficient (Wildman–Crippen LogP) is 3.90. The molecule has 0 aliphatic rings. The smallest absolute Gasteiger partial charge is 0.247 e. The Morgan fingerprint density at radius 2 is 1.68 bits per heavy atom. The standard InChI is InChI=1S/C22H22N2O/c1-18-8-7-11-19(16-18)13-14-22(25)23-21-12-5-6-15-24(21)17-20-9-3-2-4-10-20/h2-12,15-16H,13-14,17H2,1H3. The molecule has 126 valence electrons. The molecule has 3 nitrogen and oxygen atoms in total. The van der Waals surface area contributed by atoms with Crippen LogP contribution in [0.3, 0.4) is 0 Å². The molecule has 0 spiro atoms. The van der Waals surface area contributed by atoms with Crippen LogP contribution in [-0.4, -0.2) is 10.5 Å². The Morgan fingerprint density at radius 3 is 2.48 bits per heavy atom. The molecule has 0 aliphatic heterocycles. The molecule has 2 aromatic carbocycles. The van der Waals surface area contributed by atoms with Crippen molar-refractivity contribution in [1.29, 1.82) is 0 Å². The first-order chi connectivity index (χ1) is 12.2. The molecule has 0 saturated heterocycles. The van der Waals surface area contributed by atoms with E-state index in [1.807, 2.05) is 53.2 Å². The molecular weight excluding hydrogens is 308 g/mol. The molecule has 0 aliphatic carbocycles. The minimum absolute atomic E-state index is 0.0884. The van der Waals surface area contributed by atoms with Crippen molar-refractivity contribution in [2.75, 3.05) is 0 Å². The maximum Gasteiger partial charge on any atom is 0.247 e. The summed E-state index contributed by atoms with van der Waals surface area (Å²) >= 11 is 0. The zero-order valence-electron chi connectivity index (χ0n) is 14.4. The van der Waals surface area contributed by atoms with E-state index in [4.69, 9.17) is 0 Å². The average Bonchev–Trinajstić information content (AvgIpc) is 2.63. The average molecular weight is 330 g/mol. The van der Waals surface area contributed by atoms with Gasteiger partial charge in [0.2, 0.25) is 5.91 Å². The molecule has 0 saturated carbocycles. The minimum Gasteiger partial charge on any atom is -0.329 e. The fourth-order valence-electron chi connectivity index (χ4n) is 2.79. The van der Waals surface area contributed by atoms with Gasteiger partial charge >= 0.3 is 0 Å². The Balaban J connectivity index is 1.73. The van der Waals surface area contributed by atoms with Crippen LogP contribution in [0.5, 0.6) is 0 Å². The number of hydrogen-bond acceptors (Lipinski definition) is 1. The summed E-state index contributed by atoms with van der Waals surface area (Å²) in [5.41, 5.74) is 4.27. The number of aromatic nitrogens is 1. The number of carbonyl (C=O) groups excluding carboxylic acids is 1. The maximum absolute atomic E-state index is 12.3. The van der Waals surface area contributed by atoms with E-state index in [1.54, 1.807) is 0 Å². The first-order valence-corrected chi connectivity index (χ1v) is 8.53. The molecule has 1 aromatic heterocycles. The van der Waals surface area contributed by atoms with Crippen molar-refractivity contribution in [1.82, 2.24) is 4.57 Å². The van der Waals surface area contributed by atoms with E-state index in [1.165, 1.54) is 16.7 Å². The second-order valence-corrected chi connectivity index (χ2v) is 6.17. The monoisotopic (exact) mass is 330 g/mol. The molecule has 0 fully saturated rings. The highest BCUT2D eigenvalue weighted by Gasteiger charge is 2.02. The molecule has 0 bridgehead atoms. The number of pyridine rings is 1. The number of aryl methyl sites for hydroxylation is 2. The van der Waals surface area contributed by atoms with Gasteiger partial charge in [0.1, 0.15) is 5.49 Å². The molecule has 0 unspecified atom stereocenters. The van der Waals surface area contributed by atoms with Gasteiger partial charge in [0, 0.05) is 19.2 Å². The fourth-order valence-corrected chi connectivity index (χ4v) is 2.79. The van der Waals surface area contributed by atoms with Crippen molar-refractivity contribution in [3.63, 3.8) is 0 Å². The van der Waals surface area contributed by atoms with E-state index in [2.05, 4.69) is 42.2 Å². The third-order valence-corrected chi connectivity index (χ3v) is 4.06. The van der Waals surface area contributed by atoms with Crippen LogP contribution in [0.1, 0.15) is 23.1 Å². The Morgan fingerprint density at radius 1 is 0.920 bits per heavy atom. The van der Waals surface area contributed by atoms with E-state index in [9.17, 15) is 4.79 Å². The van der Waals surface area contributed by atoms with E-state index >= 15 is 0 Å². The van der Waals surface area contributed by atoms with Crippen LogP contribution in [0, 0.1) is 6.92 Å². The SMILES string of the molecule is Cc1cccc(CCC(=O)N=c2ccccn2Cc2ccccc2)c1. The molecule has 0 radical (unpaired) electrons. The lowest BCUT2D eigenvalue weighted by Gasteiger charge is -2.07. The number of benzene rings is 2. The highest BCUT2D eigenvalue weighted by Crippen LogP contribution is 2.07. The van der Waals surface area contributed by atoms with E-state index in [0.29, 0.717) is 18.5 Å². The summed E-state index contributed by atoms with van der Waals surface area (Å²) in [5.74, 6) is -0.0884. The van der Waals surface area contributed by atoms with Crippen LogP contribution < -0.4 is 5.49 Å². The maximum atomic E-state index is 12.3. The van der Waals surface area contributed by atoms with Crippen molar-refractivity contribution in [2.45, 2.75) is 26.3 Å². The van der Waals surface area contributed by atoms with Gasteiger partial charge < -0.3 is 4.57 Å². The van der Waals surface area contributed by atoms with Crippen molar-refractivity contribution in [3.8, 4) is 0 Å². The predicted molar refractivity (Wildman–Crippen MR) is 100 cm³/mol. The van der Waals surface area contributed by atoms with Gasteiger partial charge in [-0.2, -0.15) is 4.99 Å². The summed E-state index contributed by atoms with van der Waals surface area (Å²) in [4.78, 5) is 16.6. The zero-order chi connectivity index (χ0) is 17.5. The third kappa shape index (κ3) is 5.01. The summed E-state index contributed by atoms with van der Waals surface area (Å²) in [7, 11) is 0. The molecule has 3 aromatic rings. The molecule has 3 rings (SSSR count). The van der Waals surface area contributed by atoms with Crippen molar-refractivity contribution in [2.24, 2.45) is 4.99 Å². The lowest BCUT2D eigenvalue weighted by molar-refractivity contribution is -0.118. The van der Waals surface area contributed by atoms with Crippen LogP contribution in [0.15, 0.2) is 84.0 Å². The molecule has 25 heavy (non-hydrogen) atoms. The van der Waals surface area contributed by atoms with Gasteiger partial charge in [-0.05, 0) is 36.6 Å². The van der Waals surface area contributed by atoms with Gasteiger partial charge in [0.05, 0.1) is 0 Å². The molecule has 0 N–H and O–H groups in total. The highest BCUT2D eigenvalue weighted by atomic mass is 16.1. The van der Waals surface area contributed by atoms with Crippen LogP contribution >= 0.6 is 0 Å². The second-order valence-electron chi connectivity index (χ2n) is 6.17. The summed E-state index contributed by atoms with van der Waals surface area (Å²) in [6.45, 7) is 2.76. The van der Waals surface area contributed by atoms with Crippen LogP contribution in [0.2, 0.25) is 0 Å². The Kier molecular flexibility index (Phi) is 5.57. The summed E-state index contributed by atoms with van der Waals surface area (Å²) in [6, 6.07) is 24.2. The van der Waals surface area contributed by atoms with Crippen molar-refractivity contribution in [3.05, 3.63) is 101 Å². The number of carbonyl (C=O) groups is 1. The number of rotatable bonds is 5. The van der Waals surface area contributed by atoms with Gasteiger partial charge in [-0.25, -0.2) is 0 Å². The summed E-state index contributed by atoms with van der Waals surface area (Å²) in [5, 5.41) is 0. The molecular formula is C22H22N2O.